The molecule has 0 aliphatic heterocycles. The quantitative estimate of drug-likeness (QED) is 0.538. The van der Waals surface area contributed by atoms with Crippen LogP contribution in [0, 0.1) is 11.8 Å². The van der Waals surface area contributed by atoms with E-state index in [-0.39, 0.29) is 23.3 Å². The number of halogens is 3. The Hall–Kier alpha value is -3.73. The van der Waals surface area contributed by atoms with Crippen LogP contribution in [0.5, 0.6) is 5.75 Å². The van der Waals surface area contributed by atoms with Crippen molar-refractivity contribution >= 4 is 16.9 Å². The van der Waals surface area contributed by atoms with Crippen molar-refractivity contribution in [3.63, 3.8) is 0 Å². The molecule has 1 N–H and O–H groups in total. The lowest BCUT2D eigenvalue weighted by atomic mass is 10.1. The van der Waals surface area contributed by atoms with Crippen molar-refractivity contribution in [2.75, 3.05) is 13.7 Å². The van der Waals surface area contributed by atoms with Crippen LogP contribution in [0.25, 0.3) is 11.0 Å². The van der Waals surface area contributed by atoms with Gasteiger partial charge >= 0.3 is 11.8 Å². The second-order valence-corrected chi connectivity index (χ2v) is 5.89. The zero-order chi connectivity index (χ0) is 21.0. The van der Waals surface area contributed by atoms with Gasteiger partial charge in [0.15, 0.2) is 11.3 Å². The Bertz CT molecular complexity index is 1190. The molecule has 3 rings (SSSR count). The van der Waals surface area contributed by atoms with E-state index in [2.05, 4.69) is 17.2 Å². The Balaban J connectivity index is 1.74. The molecule has 0 saturated heterocycles. The molecule has 0 fully saturated rings. The zero-order valence-corrected chi connectivity index (χ0v) is 15.1. The Morgan fingerprint density at radius 3 is 2.66 bits per heavy atom. The normalized spacial score (nSPS) is 10.9. The molecule has 0 aliphatic carbocycles. The number of fused-ring (bicyclic) bond motifs is 1. The summed E-state index contributed by atoms with van der Waals surface area (Å²) in [6.07, 6.45) is -4.46. The third-order valence-electron chi connectivity index (χ3n) is 3.95. The molecule has 8 heteroatoms. The van der Waals surface area contributed by atoms with Gasteiger partial charge in [-0.2, -0.15) is 13.2 Å². The molecule has 1 heterocycles. The summed E-state index contributed by atoms with van der Waals surface area (Å²) in [6, 6.07) is 10.9. The topological polar surface area (TPSA) is 68.5 Å². The van der Waals surface area contributed by atoms with Crippen LogP contribution in [-0.4, -0.2) is 19.6 Å². The zero-order valence-electron chi connectivity index (χ0n) is 15.1. The van der Waals surface area contributed by atoms with Crippen molar-refractivity contribution < 1.29 is 27.1 Å². The maximum absolute atomic E-state index is 12.7. The van der Waals surface area contributed by atoms with E-state index >= 15 is 0 Å². The third kappa shape index (κ3) is 4.58. The number of nitrogens with one attached hydrogen (secondary N) is 1. The lowest BCUT2D eigenvalue weighted by Crippen LogP contribution is -2.28. The molecule has 1 aromatic heterocycles. The maximum atomic E-state index is 12.7. The number of carbonyl (C=O) groups excluding carboxylic acids is 1. The van der Waals surface area contributed by atoms with E-state index in [0.29, 0.717) is 11.1 Å². The molecular formula is C21H14F3NO4. The van der Waals surface area contributed by atoms with Gasteiger partial charge in [0.25, 0.3) is 5.91 Å². The number of benzene rings is 2. The lowest BCUT2D eigenvalue weighted by Gasteiger charge is -2.06. The summed E-state index contributed by atoms with van der Waals surface area (Å²) in [5, 5.41) is 2.93. The number of para-hydroxylation sites is 1. The number of rotatable bonds is 3. The van der Waals surface area contributed by atoms with Crippen LogP contribution in [-0.2, 0) is 6.18 Å². The molecule has 0 bridgehead atoms. The minimum atomic E-state index is -4.46. The summed E-state index contributed by atoms with van der Waals surface area (Å²) in [4.78, 5) is 24.3. The summed E-state index contributed by atoms with van der Waals surface area (Å²) in [5.41, 5.74) is -1.48. The predicted molar refractivity (Wildman–Crippen MR) is 99.7 cm³/mol. The minimum Gasteiger partial charge on any atom is -0.493 e. The van der Waals surface area contributed by atoms with Gasteiger partial charge in [-0.3, -0.25) is 4.79 Å². The molecule has 5 nitrogen and oxygen atoms in total. The van der Waals surface area contributed by atoms with E-state index in [1.807, 2.05) is 0 Å². The van der Waals surface area contributed by atoms with Crippen LogP contribution in [0.3, 0.4) is 0 Å². The Morgan fingerprint density at radius 1 is 1.17 bits per heavy atom. The number of ether oxygens (including phenoxy) is 1. The van der Waals surface area contributed by atoms with Crippen LogP contribution in [0.2, 0.25) is 0 Å². The highest BCUT2D eigenvalue weighted by Gasteiger charge is 2.30. The highest BCUT2D eigenvalue weighted by atomic mass is 19.4. The predicted octanol–water partition coefficient (Wildman–Crippen LogP) is 3.60. The molecule has 148 valence electrons. The minimum absolute atomic E-state index is 0.159. The van der Waals surface area contributed by atoms with Gasteiger partial charge in [-0.1, -0.05) is 30.0 Å². The SMILES string of the molecule is COc1cccc2cc(C(=O)NCC#Cc3cccc(C(F)(F)F)c3)c(=O)oc12. The molecule has 0 radical (unpaired) electrons. The molecular weight excluding hydrogens is 387 g/mol. The highest BCUT2D eigenvalue weighted by molar-refractivity contribution is 5.97. The van der Waals surface area contributed by atoms with Gasteiger partial charge in [-0.15, -0.1) is 0 Å². The monoisotopic (exact) mass is 401 g/mol. The molecule has 3 aromatic rings. The summed E-state index contributed by atoms with van der Waals surface area (Å²) < 4.78 is 48.4. The first kappa shape index (κ1) is 20.0. The number of amides is 1. The third-order valence-corrected chi connectivity index (χ3v) is 3.95. The Labute approximate surface area is 163 Å². The van der Waals surface area contributed by atoms with Crippen LogP contribution < -0.4 is 15.7 Å². The lowest BCUT2D eigenvalue weighted by molar-refractivity contribution is -0.137. The number of hydrogen-bond acceptors (Lipinski definition) is 4. The van der Waals surface area contributed by atoms with Crippen LogP contribution in [0.15, 0.2) is 57.7 Å². The van der Waals surface area contributed by atoms with E-state index in [4.69, 9.17) is 9.15 Å². The highest BCUT2D eigenvalue weighted by Crippen LogP contribution is 2.29. The number of carbonyl (C=O) groups is 1. The molecule has 0 saturated carbocycles. The second-order valence-electron chi connectivity index (χ2n) is 5.89. The first-order valence-electron chi connectivity index (χ1n) is 8.35. The average molecular weight is 401 g/mol. The summed E-state index contributed by atoms with van der Waals surface area (Å²) in [5.74, 6) is 4.75. The fourth-order valence-electron chi connectivity index (χ4n) is 2.58. The molecule has 2 aromatic carbocycles. The number of hydrogen-bond donors (Lipinski definition) is 1. The van der Waals surface area contributed by atoms with E-state index in [9.17, 15) is 22.8 Å². The van der Waals surface area contributed by atoms with Gasteiger partial charge < -0.3 is 14.5 Å². The molecule has 0 atom stereocenters. The fourth-order valence-corrected chi connectivity index (χ4v) is 2.58. The van der Waals surface area contributed by atoms with Crippen molar-refractivity contribution in [1.82, 2.24) is 5.32 Å². The number of methoxy groups -OCH3 is 1. The van der Waals surface area contributed by atoms with Crippen molar-refractivity contribution in [2.45, 2.75) is 6.18 Å². The smallest absolute Gasteiger partial charge is 0.416 e. The van der Waals surface area contributed by atoms with Crippen molar-refractivity contribution in [1.29, 1.82) is 0 Å². The van der Waals surface area contributed by atoms with Gasteiger partial charge in [0.05, 0.1) is 19.2 Å². The van der Waals surface area contributed by atoms with E-state index in [0.717, 1.165) is 12.1 Å². The first-order chi connectivity index (χ1) is 13.8. The van der Waals surface area contributed by atoms with Gasteiger partial charge in [0.2, 0.25) is 0 Å². The van der Waals surface area contributed by atoms with E-state index in [1.165, 1.54) is 25.3 Å². The maximum Gasteiger partial charge on any atom is 0.416 e. The van der Waals surface area contributed by atoms with Gasteiger partial charge in [-0.25, -0.2) is 4.79 Å². The van der Waals surface area contributed by atoms with Crippen molar-refractivity contribution in [3.05, 3.63) is 75.6 Å². The van der Waals surface area contributed by atoms with Crippen LogP contribution >= 0.6 is 0 Å². The van der Waals surface area contributed by atoms with Crippen LogP contribution in [0.4, 0.5) is 13.2 Å². The molecule has 0 spiro atoms. The van der Waals surface area contributed by atoms with Crippen molar-refractivity contribution in [2.24, 2.45) is 0 Å². The fraction of sp³-hybridized carbons (Fsp3) is 0.143. The van der Waals surface area contributed by atoms with Gasteiger partial charge in [0.1, 0.15) is 5.56 Å². The molecule has 29 heavy (non-hydrogen) atoms. The molecule has 0 unspecified atom stereocenters. The second kappa shape index (κ2) is 8.10. The summed E-state index contributed by atoms with van der Waals surface area (Å²) in [6.45, 7) is -0.162. The van der Waals surface area contributed by atoms with E-state index < -0.39 is 23.3 Å². The average Bonchev–Trinajstić information content (AvgIpc) is 2.69. The Morgan fingerprint density at radius 2 is 1.93 bits per heavy atom. The van der Waals surface area contributed by atoms with E-state index in [1.54, 1.807) is 18.2 Å². The standard InChI is InChI=1S/C21H14F3NO4/c1-28-17-9-3-7-14-12-16(20(27)29-18(14)17)19(26)25-10-4-6-13-5-2-8-15(11-13)21(22,23)24/h2-3,5,7-9,11-12H,10H2,1H3,(H,25,26). The Kier molecular flexibility index (Phi) is 5.59. The largest absolute Gasteiger partial charge is 0.493 e. The summed E-state index contributed by atoms with van der Waals surface area (Å²) in [7, 11) is 1.43. The van der Waals surface area contributed by atoms with Gasteiger partial charge in [0, 0.05) is 10.9 Å². The van der Waals surface area contributed by atoms with Crippen LogP contribution in [0.1, 0.15) is 21.5 Å². The van der Waals surface area contributed by atoms with Crippen molar-refractivity contribution in [3.8, 4) is 17.6 Å². The summed E-state index contributed by atoms with van der Waals surface area (Å²) >= 11 is 0. The first-order valence-corrected chi connectivity index (χ1v) is 8.35. The van der Waals surface area contributed by atoms with Gasteiger partial charge in [-0.05, 0) is 30.3 Å². The number of alkyl halides is 3. The molecule has 0 aliphatic rings. The molecule has 1 amide bonds.